The summed E-state index contributed by atoms with van der Waals surface area (Å²) in [6, 6.07) is 10.1. The summed E-state index contributed by atoms with van der Waals surface area (Å²) < 4.78 is 10.3. The lowest BCUT2D eigenvalue weighted by molar-refractivity contribution is 0.0950. The molecule has 2 aromatic carbocycles. The van der Waals surface area contributed by atoms with Crippen molar-refractivity contribution >= 4 is 29.1 Å². The van der Waals surface area contributed by atoms with Gasteiger partial charge in [-0.15, -0.1) is 0 Å². The van der Waals surface area contributed by atoms with Gasteiger partial charge >= 0.3 is 0 Å². The van der Waals surface area contributed by atoms with Crippen molar-refractivity contribution in [2.45, 2.75) is 6.54 Å². The minimum atomic E-state index is -0.230. The number of methoxy groups -OCH3 is 2. The third kappa shape index (κ3) is 3.84. The van der Waals surface area contributed by atoms with Gasteiger partial charge in [0.1, 0.15) is 0 Å². The third-order valence-corrected chi connectivity index (χ3v) is 3.69. The van der Waals surface area contributed by atoms with Crippen molar-refractivity contribution in [3.63, 3.8) is 0 Å². The molecule has 6 heteroatoms. The van der Waals surface area contributed by atoms with E-state index in [1.54, 1.807) is 43.5 Å². The lowest BCUT2D eigenvalue weighted by Crippen LogP contribution is -2.23. The highest BCUT2D eigenvalue weighted by molar-refractivity contribution is 6.35. The van der Waals surface area contributed by atoms with Crippen LogP contribution in [0.25, 0.3) is 0 Å². The molecule has 0 spiro atoms. The molecule has 1 amide bonds. The number of ether oxygens (including phenoxy) is 2. The van der Waals surface area contributed by atoms with Crippen LogP contribution in [0.2, 0.25) is 10.0 Å². The number of hydrogen-bond donors (Lipinski definition) is 1. The number of hydrogen-bond acceptors (Lipinski definition) is 3. The highest BCUT2D eigenvalue weighted by Crippen LogP contribution is 2.27. The Morgan fingerprint density at radius 3 is 2.41 bits per heavy atom. The van der Waals surface area contributed by atoms with Gasteiger partial charge in [0, 0.05) is 22.2 Å². The van der Waals surface area contributed by atoms with E-state index in [-0.39, 0.29) is 5.91 Å². The quantitative estimate of drug-likeness (QED) is 0.897. The van der Waals surface area contributed by atoms with E-state index >= 15 is 0 Å². The van der Waals surface area contributed by atoms with E-state index in [1.807, 2.05) is 0 Å². The molecule has 0 atom stereocenters. The van der Waals surface area contributed by atoms with Crippen molar-refractivity contribution < 1.29 is 14.3 Å². The van der Waals surface area contributed by atoms with Gasteiger partial charge in [-0.1, -0.05) is 29.3 Å². The molecule has 0 aliphatic carbocycles. The Hall–Kier alpha value is -1.91. The summed E-state index contributed by atoms with van der Waals surface area (Å²) in [5.41, 5.74) is 1.27. The van der Waals surface area contributed by atoms with Crippen LogP contribution >= 0.6 is 23.2 Å². The van der Waals surface area contributed by atoms with Crippen molar-refractivity contribution in [2.24, 2.45) is 0 Å². The summed E-state index contributed by atoms with van der Waals surface area (Å²) >= 11 is 11.9. The minimum Gasteiger partial charge on any atom is -0.493 e. The first kappa shape index (κ1) is 16.5. The Balaban J connectivity index is 2.09. The Bertz CT molecular complexity index is 689. The minimum absolute atomic E-state index is 0.230. The summed E-state index contributed by atoms with van der Waals surface area (Å²) in [5.74, 6) is 0.839. The first-order valence-corrected chi connectivity index (χ1v) is 7.25. The molecule has 2 aromatic rings. The number of rotatable bonds is 5. The zero-order valence-corrected chi connectivity index (χ0v) is 13.7. The molecule has 1 N–H and O–H groups in total. The number of carbonyl (C=O) groups excluding carboxylic acids is 1. The van der Waals surface area contributed by atoms with Gasteiger partial charge in [0.15, 0.2) is 11.5 Å². The summed E-state index contributed by atoms with van der Waals surface area (Å²) in [4.78, 5) is 12.2. The number of benzene rings is 2. The van der Waals surface area contributed by atoms with Crippen molar-refractivity contribution in [3.8, 4) is 11.5 Å². The number of amides is 1. The molecule has 2 rings (SSSR count). The van der Waals surface area contributed by atoms with Crippen LogP contribution < -0.4 is 14.8 Å². The van der Waals surface area contributed by atoms with Crippen LogP contribution in [0.4, 0.5) is 0 Å². The first-order valence-electron chi connectivity index (χ1n) is 6.49. The largest absolute Gasteiger partial charge is 0.493 e. The maximum absolute atomic E-state index is 12.2. The lowest BCUT2D eigenvalue weighted by atomic mass is 10.1. The Kier molecular flexibility index (Phi) is 5.52. The summed E-state index contributed by atoms with van der Waals surface area (Å²) in [7, 11) is 3.06. The van der Waals surface area contributed by atoms with E-state index in [0.29, 0.717) is 33.7 Å². The highest BCUT2D eigenvalue weighted by atomic mass is 35.5. The van der Waals surface area contributed by atoms with Crippen LogP contribution in [0.5, 0.6) is 11.5 Å². The van der Waals surface area contributed by atoms with Crippen molar-refractivity contribution in [1.29, 1.82) is 0 Å². The van der Waals surface area contributed by atoms with Crippen LogP contribution in [0, 0.1) is 0 Å². The van der Waals surface area contributed by atoms with Gasteiger partial charge in [-0.2, -0.15) is 0 Å². The molecule has 0 radical (unpaired) electrons. The van der Waals surface area contributed by atoms with Gasteiger partial charge in [0.25, 0.3) is 5.91 Å². The summed E-state index contributed by atoms with van der Waals surface area (Å²) in [5, 5.41) is 3.87. The SMILES string of the molecule is COc1ccc(C(=O)NCc2ccc(Cl)cc2Cl)cc1OC. The molecule has 0 aliphatic rings. The Labute approximate surface area is 138 Å². The Morgan fingerprint density at radius 1 is 1.05 bits per heavy atom. The van der Waals surface area contributed by atoms with E-state index in [0.717, 1.165) is 5.56 Å². The monoisotopic (exact) mass is 339 g/mol. The van der Waals surface area contributed by atoms with Gasteiger partial charge in [-0.05, 0) is 35.9 Å². The topological polar surface area (TPSA) is 47.6 Å². The Morgan fingerprint density at radius 2 is 1.77 bits per heavy atom. The lowest BCUT2D eigenvalue weighted by Gasteiger charge is -2.10. The van der Waals surface area contributed by atoms with E-state index in [9.17, 15) is 4.79 Å². The second-order valence-corrected chi connectivity index (χ2v) is 5.33. The zero-order chi connectivity index (χ0) is 16.1. The fourth-order valence-electron chi connectivity index (χ4n) is 1.92. The van der Waals surface area contributed by atoms with Gasteiger partial charge in [-0.25, -0.2) is 0 Å². The van der Waals surface area contributed by atoms with Gasteiger partial charge < -0.3 is 14.8 Å². The summed E-state index contributed by atoms with van der Waals surface area (Å²) in [6.07, 6.45) is 0. The molecule has 0 saturated heterocycles. The first-order chi connectivity index (χ1) is 10.5. The molecule has 0 saturated carbocycles. The third-order valence-electron chi connectivity index (χ3n) is 3.10. The van der Waals surface area contributed by atoms with Crippen molar-refractivity contribution in [2.75, 3.05) is 14.2 Å². The molecular weight excluding hydrogens is 325 g/mol. The molecule has 0 heterocycles. The molecule has 0 fully saturated rings. The van der Waals surface area contributed by atoms with Crippen LogP contribution in [0.1, 0.15) is 15.9 Å². The van der Waals surface area contributed by atoms with E-state index < -0.39 is 0 Å². The van der Waals surface area contributed by atoms with Gasteiger partial charge in [0.2, 0.25) is 0 Å². The molecular formula is C16H15Cl2NO3. The van der Waals surface area contributed by atoms with Crippen LogP contribution in [-0.4, -0.2) is 20.1 Å². The molecule has 0 aromatic heterocycles. The fourth-order valence-corrected chi connectivity index (χ4v) is 2.40. The zero-order valence-electron chi connectivity index (χ0n) is 12.2. The van der Waals surface area contributed by atoms with Crippen LogP contribution in [0.15, 0.2) is 36.4 Å². The molecule has 0 aliphatic heterocycles. The average Bonchev–Trinajstić information content (AvgIpc) is 2.53. The van der Waals surface area contributed by atoms with Gasteiger partial charge in [-0.3, -0.25) is 4.79 Å². The van der Waals surface area contributed by atoms with E-state index in [2.05, 4.69) is 5.32 Å². The van der Waals surface area contributed by atoms with Crippen molar-refractivity contribution in [3.05, 3.63) is 57.6 Å². The van der Waals surface area contributed by atoms with Crippen LogP contribution in [-0.2, 0) is 6.54 Å². The smallest absolute Gasteiger partial charge is 0.251 e. The van der Waals surface area contributed by atoms with E-state index in [4.69, 9.17) is 32.7 Å². The summed E-state index contributed by atoms with van der Waals surface area (Å²) in [6.45, 7) is 0.309. The maximum Gasteiger partial charge on any atom is 0.251 e. The molecule has 22 heavy (non-hydrogen) atoms. The van der Waals surface area contributed by atoms with Crippen LogP contribution in [0.3, 0.4) is 0 Å². The molecule has 4 nitrogen and oxygen atoms in total. The van der Waals surface area contributed by atoms with Crippen molar-refractivity contribution in [1.82, 2.24) is 5.32 Å². The number of nitrogens with one attached hydrogen (secondary N) is 1. The number of carbonyl (C=O) groups is 1. The maximum atomic E-state index is 12.2. The second kappa shape index (κ2) is 7.38. The molecule has 0 bridgehead atoms. The fraction of sp³-hybridized carbons (Fsp3) is 0.188. The highest BCUT2D eigenvalue weighted by Gasteiger charge is 2.11. The predicted octanol–water partition coefficient (Wildman–Crippen LogP) is 3.94. The normalized spacial score (nSPS) is 10.2. The standard InChI is InChI=1S/C16H15Cl2NO3/c1-21-14-6-4-10(7-15(14)22-2)16(20)19-9-11-3-5-12(17)8-13(11)18/h3-8H,9H2,1-2H3,(H,19,20). The average molecular weight is 340 g/mol. The number of halogens is 2. The van der Waals surface area contributed by atoms with E-state index in [1.165, 1.54) is 7.11 Å². The predicted molar refractivity (Wildman–Crippen MR) is 87.2 cm³/mol. The molecule has 116 valence electrons. The van der Waals surface area contributed by atoms with Gasteiger partial charge in [0.05, 0.1) is 14.2 Å². The second-order valence-electron chi connectivity index (χ2n) is 4.49. The molecule has 0 unspecified atom stereocenters.